The highest BCUT2D eigenvalue weighted by molar-refractivity contribution is 5.95. The lowest BCUT2D eigenvalue weighted by Gasteiger charge is -2.44. The Morgan fingerprint density at radius 3 is 2.53 bits per heavy atom. The van der Waals surface area contributed by atoms with Gasteiger partial charge >= 0.3 is 0 Å². The van der Waals surface area contributed by atoms with E-state index in [1.807, 2.05) is 29.2 Å². The standard InChI is InChI=1S/C25H33N3O2/c1-18-17-28(19(2)16-26(18)3)24-15-22(25(30)27-11-4-5-12-27)10-9-21(24)13-20-7-6-8-23(29)14-20/h6-10,14-15,18-19,29H,4-5,11-13,16-17H2,1-3H3/t18-,19-/m0/s1. The van der Waals surface area contributed by atoms with E-state index < -0.39 is 0 Å². The first-order chi connectivity index (χ1) is 14.4. The minimum absolute atomic E-state index is 0.146. The number of hydrogen-bond acceptors (Lipinski definition) is 4. The Morgan fingerprint density at radius 2 is 1.80 bits per heavy atom. The second kappa shape index (κ2) is 8.68. The molecule has 1 N–H and O–H groups in total. The summed E-state index contributed by atoms with van der Waals surface area (Å²) in [6.45, 7) is 8.17. The third-order valence-corrected chi connectivity index (χ3v) is 6.64. The Balaban J connectivity index is 1.70. The van der Waals surface area contributed by atoms with Crippen molar-refractivity contribution in [2.45, 2.75) is 45.2 Å². The van der Waals surface area contributed by atoms with E-state index in [-0.39, 0.29) is 11.7 Å². The normalized spacial score (nSPS) is 22.5. The molecule has 2 aromatic carbocycles. The molecule has 2 heterocycles. The molecule has 0 bridgehead atoms. The van der Waals surface area contributed by atoms with Crippen LogP contribution in [0.3, 0.4) is 0 Å². The number of carbonyl (C=O) groups excluding carboxylic acids is 1. The van der Waals surface area contributed by atoms with Crippen LogP contribution in [0.5, 0.6) is 5.75 Å². The monoisotopic (exact) mass is 407 g/mol. The van der Waals surface area contributed by atoms with E-state index in [1.165, 1.54) is 5.56 Å². The third kappa shape index (κ3) is 4.31. The molecule has 0 spiro atoms. The van der Waals surface area contributed by atoms with Crippen molar-refractivity contribution in [3.05, 3.63) is 59.2 Å². The van der Waals surface area contributed by atoms with Gasteiger partial charge in [0, 0.05) is 49.5 Å². The van der Waals surface area contributed by atoms with Gasteiger partial charge < -0.3 is 14.9 Å². The molecule has 30 heavy (non-hydrogen) atoms. The van der Waals surface area contributed by atoms with Gasteiger partial charge in [0.2, 0.25) is 0 Å². The number of hydrogen-bond donors (Lipinski definition) is 1. The molecule has 0 unspecified atom stereocenters. The number of phenolic OH excluding ortho intramolecular Hbond substituents is 1. The predicted molar refractivity (Wildman–Crippen MR) is 121 cm³/mol. The minimum Gasteiger partial charge on any atom is -0.508 e. The molecule has 2 atom stereocenters. The van der Waals surface area contributed by atoms with Gasteiger partial charge in [-0.15, -0.1) is 0 Å². The summed E-state index contributed by atoms with van der Waals surface area (Å²) in [5.74, 6) is 0.434. The summed E-state index contributed by atoms with van der Waals surface area (Å²) in [7, 11) is 2.18. The summed E-state index contributed by atoms with van der Waals surface area (Å²) < 4.78 is 0. The predicted octanol–water partition coefficient (Wildman–Crippen LogP) is 3.75. The lowest BCUT2D eigenvalue weighted by Crippen LogP contribution is -2.55. The van der Waals surface area contributed by atoms with Gasteiger partial charge in [-0.05, 0) is 75.5 Å². The van der Waals surface area contributed by atoms with E-state index in [2.05, 4.69) is 42.8 Å². The summed E-state index contributed by atoms with van der Waals surface area (Å²) in [4.78, 5) is 19.9. The topological polar surface area (TPSA) is 47.0 Å². The number of phenols is 1. The molecule has 2 saturated heterocycles. The van der Waals surface area contributed by atoms with Gasteiger partial charge in [-0.25, -0.2) is 0 Å². The van der Waals surface area contributed by atoms with E-state index >= 15 is 0 Å². The molecule has 0 radical (unpaired) electrons. The summed E-state index contributed by atoms with van der Waals surface area (Å²) in [5, 5.41) is 9.89. The van der Waals surface area contributed by atoms with Crippen LogP contribution in [-0.2, 0) is 6.42 Å². The largest absolute Gasteiger partial charge is 0.508 e. The van der Waals surface area contributed by atoms with E-state index in [0.29, 0.717) is 12.1 Å². The smallest absolute Gasteiger partial charge is 0.253 e. The molecule has 5 heteroatoms. The molecule has 0 saturated carbocycles. The third-order valence-electron chi connectivity index (χ3n) is 6.64. The number of piperazine rings is 1. The maximum Gasteiger partial charge on any atom is 0.253 e. The number of rotatable bonds is 4. The molecule has 2 aliphatic heterocycles. The average Bonchev–Trinajstić information content (AvgIpc) is 3.25. The van der Waals surface area contributed by atoms with Crippen molar-refractivity contribution in [2.24, 2.45) is 0 Å². The molecular formula is C25H33N3O2. The molecule has 1 amide bonds. The summed E-state index contributed by atoms with van der Waals surface area (Å²) >= 11 is 0. The van der Waals surface area contributed by atoms with Gasteiger partial charge in [0.05, 0.1) is 0 Å². The molecule has 2 fully saturated rings. The van der Waals surface area contributed by atoms with Crippen LogP contribution in [-0.4, -0.2) is 66.1 Å². The van der Waals surface area contributed by atoms with Gasteiger partial charge in [0.15, 0.2) is 0 Å². The van der Waals surface area contributed by atoms with Crippen LogP contribution in [0.4, 0.5) is 5.69 Å². The summed E-state index contributed by atoms with van der Waals surface area (Å²) in [6, 6.07) is 14.5. The van der Waals surface area contributed by atoms with E-state index in [0.717, 1.165) is 62.3 Å². The molecule has 2 aliphatic rings. The molecule has 5 nitrogen and oxygen atoms in total. The minimum atomic E-state index is 0.146. The lowest BCUT2D eigenvalue weighted by molar-refractivity contribution is 0.0793. The number of aromatic hydroxyl groups is 1. The Bertz CT molecular complexity index is 907. The molecule has 4 rings (SSSR count). The van der Waals surface area contributed by atoms with Crippen LogP contribution >= 0.6 is 0 Å². The number of likely N-dealkylation sites (tertiary alicyclic amines) is 1. The van der Waals surface area contributed by atoms with Crippen molar-refractivity contribution >= 4 is 11.6 Å². The highest BCUT2D eigenvalue weighted by atomic mass is 16.3. The lowest BCUT2D eigenvalue weighted by atomic mass is 9.97. The number of amides is 1. The second-order valence-corrected chi connectivity index (χ2v) is 8.98. The van der Waals surface area contributed by atoms with Crippen molar-refractivity contribution in [1.82, 2.24) is 9.80 Å². The number of anilines is 1. The zero-order valence-corrected chi connectivity index (χ0v) is 18.3. The average molecular weight is 408 g/mol. The van der Waals surface area contributed by atoms with Crippen LogP contribution in [0.15, 0.2) is 42.5 Å². The fraction of sp³-hybridized carbons (Fsp3) is 0.480. The summed E-state index contributed by atoms with van der Waals surface area (Å²) in [5.41, 5.74) is 4.20. The molecule has 2 aromatic rings. The molecule has 160 valence electrons. The van der Waals surface area contributed by atoms with Crippen molar-refractivity contribution in [1.29, 1.82) is 0 Å². The maximum absolute atomic E-state index is 13.1. The fourth-order valence-corrected chi connectivity index (χ4v) is 4.74. The van der Waals surface area contributed by atoms with Crippen molar-refractivity contribution in [2.75, 3.05) is 38.1 Å². The zero-order valence-electron chi connectivity index (χ0n) is 18.3. The highest BCUT2D eigenvalue weighted by Gasteiger charge is 2.29. The SMILES string of the molecule is C[C@H]1CN(c2cc(C(=O)N3CCCC3)ccc2Cc2cccc(O)c2)[C@@H](C)CN1C. The quantitative estimate of drug-likeness (QED) is 0.839. The second-order valence-electron chi connectivity index (χ2n) is 8.98. The van der Waals surface area contributed by atoms with E-state index in [1.54, 1.807) is 6.07 Å². The van der Waals surface area contributed by atoms with Crippen LogP contribution in [0.2, 0.25) is 0 Å². The number of carbonyl (C=O) groups is 1. The zero-order chi connectivity index (χ0) is 21.3. The van der Waals surface area contributed by atoms with Gasteiger partial charge in [0.25, 0.3) is 5.91 Å². The van der Waals surface area contributed by atoms with Crippen LogP contribution < -0.4 is 4.90 Å². The number of benzene rings is 2. The van der Waals surface area contributed by atoms with Gasteiger partial charge in [-0.1, -0.05) is 18.2 Å². The van der Waals surface area contributed by atoms with Crippen LogP contribution in [0, 0.1) is 0 Å². The van der Waals surface area contributed by atoms with Crippen LogP contribution in [0.1, 0.15) is 48.2 Å². The molecule has 0 aromatic heterocycles. The van der Waals surface area contributed by atoms with E-state index in [4.69, 9.17) is 0 Å². The molecular weight excluding hydrogens is 374 g/mol. The van der Waals surface area contributed by atoms with Crippen molar-refractivity contribution in [3.63, 3.8) is 0 Å². The number of likely N-dealkylation sites (N-methyl/N-ethyl adjacent to an activating group) is 1. The van der Waals surface area contributed by atoms with Crippen molar-refractivity contribution in [3.8, 4) is 5.75 Å². The highest BCUT2D eigenvalue weighted by Crippen LogP contribution is 2.31. The summed E-state index contributed by atoms with van der Waals surface area (Å²) in [6.07, 6.45) is 2.93. The number of nitrogens with zero attached hydrogens (tertiary/aromatic N) is 3. The Hall–Kier alpha value is -2.53. The maximum atomic E-state index is 13.1. The first-order valence-corrected chi connectivity index (χ1v) is 11.1. The Labute approximate surface area is 179 Å². The Kier molecular flexibility index (Phi) is 6.00. The first kappa shape index (κ1) is 20.7. The van der Waals surface area contributed by atoms with Gasteiger partial charge in [-0.2, -0.15) is 0 Å². The Morgan fingerprint density at radius 1 is 1.03 bits per heavy atom. The fourth-order valence-electron chi connectivity index (χ4n) is 4.74. The van der Waals surface area contributed by atoms with E-state index in [9.17, 15) is 9.90 Å². The van der Waals surface area contributed by atoms with Gasteiger partial charge in [0.1, 0.15) is 5.75 Å². The first-order valence-electron chi connectivity index (χ1n) is 11.1. The molecule has 0 aliphatic carbocycles. The van der Waals surface area contributed by atoms with Crippen molar-refractivity contribution < 1.29 is 9.90 Å². The van der Waals surface area contributed by atoms with Gasteiger partial charge in [-0.3, -0.25) is 9.69 Å². The van der Waals surface area contributed by atoms with Crippen LogP contribution in [0.25, 0.3) is 0 Å².